The van der Waals surface area contributed by atoms with E-state index < -0.39 is 39.7 Å². The Morgan fingerprint density at radius 2 is 0.628 bits per heavy atom. The van der Waals surface area contributed by atoms with Crippen molar-refractivity contribution in [2.24, 2.45) is 0 Å². The van der Waals surface area contributed by atoms with E-state index in [-0.39, 0.29) is 43.9 Å². The molecule has 15 aromatic rings. The Bertz CT molecular complexity index is 6080. The molecule has 0 radical (unpaired) electrons. The second-order valence-corrected chi connectivity index (χ2v) is 34.4. The molecule has 0 aliphatic heterocycles. The van der Waals surface area contributed by atoms with E-state index in [1.807, 2.05) is 178 Å². The molecular weight excluding hydrogens is 1370 g/mol. The third-order valence-electron chi connectivity index (χ3n) is 19.4. The second kappa shape index (κ2) is 35.8. The summed E-state index contributed by atoms with van der Waals surface area (Å²) in [5.74, 6) is 1.71. The minimum atomic E-state index is -2.31. The van der Waals surface area contributed by atoms with Gasteiger partial charge in [0.15, 0.2) is 0 Å². The minimum Gasteiger partial charge on any atom is -0.294 e. The number of hydrogen-bond acceptors (Lipinski definition) is 6. The van der Waals surface area contributed by atoms with Crippen LogP contribution < -0.4 is 0 Å². The van der Waals surface area contributed by atoms with Crippen molar-refractivity contribution in [3.63, 3.8) is 0 Å². The lowest BCUT2D eigenvalue weighted by Gasteiger charge is -2.23. The zero-order valence-electron chi connectivity index (χ0n) is 85.0. The summed E-state index contributed by atoms with van der Waals surface area (Å²) in [7, 11) is 0. The molecule has 0 aliphatic carbocycles. The molecule has 8 heterocycles. The van der Waals surface area contributed by atoms with Gasteiger partial charge in [-0.25, -0.2) is 9.97 Å². The molecule has 8 aromatic heterocycles. The van der Waals surface area contributed by atoms with Crippen molar-refractivity contribution in [1.29, 1.82) is 0 Å². The fraction of sp³-hybridized carbons (Fsp3) is 0.314. The van der Waals surface area contributed by atoms with Crippen molar-refractivity contribution in [1.82, 2.24) is 39.0 Å². The number of pyridine rings is 6. The summed E-state index contributed by atoms with van der Waals surface area (Å²) in [6, 6.07) is 86.1. The largest absolute Gasteiger partial charge is 0.294 e. The quantitative estimate of drug-likeness (QED) is 0.151. The summed E-state index contributed by atoms with van der Waals surface area (Å²) in [5, 5.41) is 4.84. The molecule has 0 unspecified atom stereocenters. The van der Waals surface area contributed by atoms with Gasteiger partial charge in [0.2, 0.25) is 0 Å². The second-order valence-electron chi connectivity index (χ2n) is 34.4. The van der Waals surface area contributed by atoms with Crippen LogP contribution in [-0.2, 0) is 51.6 Å². The first-order valence-electron chi connectivity index (χ1n) is 46.4. The fourth-order valence-electron chi connectivity index (χ4n) is 13.8. The van der Waals surface area contributed by atoms with E-state index in [2.05, 4.69) is 207 Å². The van der Waals surface area contributed by atoms with Crippen LogP contribution in [0.4, 0.5) is 0 Å². The van der Waals surface area contributed by atoms with Gasteiger partial charge in [-0.1, -0.05) is 340 Å². The molecule has 0 bridgehead atoms. The van der Waals surface area contributed by atoms with E-state index in [9.17, 15) is 0 Å². The van der Waals surface area contributed by atoms with Gasteiger partial charge in [0.25, 0.3) is 0 Å². The van der Waals surface area contributed by atoms with Crippen LogP contribution in [-0.4, -0.2) is 39.0 Å². The Labute approximate surface area is 697 Å². The number of hydrogen-bond donors (Lipinski definition) is 0. The van der Waals surface area contributed by atoms with Crippen LogP contribution in [0.25, 0.3) is 88.9 Å². The van der Waals surface area contributed by atoms with Gasteiger partial charge in [0, 0.05) is 110 Å². The summed E-state index contributed by atoms with van der Waals surface area (Å²) in [5.41, 5.74) is 16.3. The van der Waals surface area contributed by atoms with Gasteiger partial charge in [-0.3, -0.25) is 29.1 Å². The third-order valence-corrected chi connectivity index (χ3v) is 19.4. The normalized spacial score (nSPS) is 14.5. The Kier molecular flexibility index (Phi) is 20.8. The number of aryl methyl sites for hydroxylation is 6. The first-order chi connectivity index (χ1) is 59.2. The molecule has 0 fully saturated rings. The van der Waals surface area contributed by atoms with E-state index in [0.29, 0.717) is 33.9 Å². The van der Waals surface area contributed by atoms with Crippen molar-refractivity contribution in [2.75, 3.05) is 0 Å². The first-order valence-corrected chi connectivity index (χ1v) is 38.9. The molecule has 0 amide bonds. The monoisotopic (exact) mass is 1510 g/mol. The summed E-state index contributed by atoms with van der Waals surface area (Å²) in [4.78, 5) is 27.5. The molecule has 0 saturated carbocycles. The van der Waals surface area contributed by atoms with Crippen LogP contribution in [0.5, 0.6) is 0 Å². The number of rotatable bonds is 8. The van der Waals surface area contributed by atoms with Gasteiger partial charge in [0.1, 0.15) is 11.6 Å². The van der Waals surface area contributed by atoms with E-state index in [1.54, 1.807) is 44.3 Å². The minimum absolute atomic E-state index is 0.0591. The van der Waals surface area contributed by atoms with Gasteiger partial charge in [-0.05, 0) is 156 Å². The van der Waals surface area contributed by atoms with E-state index in [1.165, 1.54) is 45.9 Å². The van der Waals surface area contributed by atoms with Crippen molar-refractivity contribution in [3.8, 4) is 45.3 Å². The highest BCUT2D eigenvalue weighted by atomic mass is 15.1. The van der Waals surface area contributed by atoms with Gasteiger partial charge in [-0.15, -0.1) is 0 Å². The highest BCUT2D eigenvalue weighted by Gasteiger charge is 2.26. The molecular formula is C105H122N8. The smallest absolute Gasteiger partial charge is 0.137 e. The Morgan fingerprint density at radius 3 is 1.03 bits per heavy atom. The van der Waals surface area contributed by atoms with Crippen molar-refractivity contribution >= 4 is 43.6 Å². The highest BCUT2D eigenvalue weighted by Crippen LogP contribution is 2.39. The fourth-order valence-corrected chi connectivity index (χ4v) is 13.8. The summed E-state index contributed by atoms with van der Waals surface area (Å²) in [6.07, 6.45) is -2.84. The molecule has 113 heavy (non-hydrogen) atoms. The predicted octanol–water partition coefficient (Wildman–Crippen LogP) is 28.1. The Hall–Kier alpha value is -11.0. The molecule has 0 aliphatic rings. The maximum absolute atomic E-state index is 8.06. The number of benzene rings is 7. The average Bonchev–Trinajstić information content (AvgIpc) is 1.58. The van der Waals surface area contributed by atoms with Crippen LogP contribution in [0, 0.1) is 20.6 Å². The lowest BCUT2D eigenvalue weighted by molar-refractivity contribution is 0.563. The van der Waals surface area contributed by atoms with Gasteiger partial charge in [0.05, 0.1) is 44.8 Å². The maximum Gasteiger partial charge on any atom is 0.137 e. The molecule has 8 nitrogen and oxygen atoms in total. The van der Waals surface area contributed by atoms with Crippen LogP contribution in [0.1, 0.15) is 234 Å². The average molecular weight is 1510 g/mol. The first kappa shape index (κ1) is 65.6. The van der Waals surface area contributed by atoms with E-state index in [0.717, 1.165) is 78.3 Å². The number of fused-ring (bicyclic) bond motifs is 6. The standard InChI is InChI=1S/C27H24N2.C22H22N2.C17H21N.C16H19N.C12H19N.C11H17N/c1-27(2,3)26-20(19-11-5-4-6-12-19)17-18-25(28-26)29-23-15-9-7-13-21(23)22-14-8-10-16-24(22)29;1-15-13-14-20(23-21(15)22(2,3)4)24-18-11-7-5-9-16(18)17-10-6-8-12-19(17)24;1-5-15-14(17(2,3)4)11-12-16(18-15)13-9-7-6-8-10-13;1-12-10-11-14(13-8-6-5-7-9-13)17-15(12)16(2,3)4;1-6-11-10(12(3,4)5)8-7-9(2)13-11;1-5-10-9(11(2,3)4)7-6-8-12-10/h4-18H,1-3H3;5-14H,1-4H3;6-12H,5H2,1-4H3;5-11H,1-4H3;7-8H,6H2,1-5H3;6-8H,5H2,1-4H3/i;1D3;5D2;1D3;2D3,6D2;5D2. The van der Waals surface area contributed by atoms with Crippen LogP contribution in [0.3, 0.4) is 0 Å². The van der Waals surface area contributed by atoms with Crippen molar-refractivity contribution in [2.45, 2.75) is 218 Å². The highest BCUT2D eigenvalue weighted by molar-refractivity contribution is 6.10. The molecule has 15 rings (SSSR count). The van der Waals surface area contributed by atoms with Crippen LogP contribution >= 0.6 is 0 Å². The Morgan fingerprint density at radius 1 is 0.283 bits per heavy atom. The van der Waals surface area contributed by atoms with Crippen LogP contribution in [0.15, 0.2) is 267 Å². The van der Waals surface area contributed by atoms with Gasteiger partial charge in [-0.2, -0.15) is 0 Å². The lowest BCUT2D eigenvalue weighted by atomic mass is 9.85. The molecule has 8 heteroatoms. The van der Waals surface area contributed by atoms with E-state index >= 15 is 0 Å². The molecule has 0 saturated heterocycles. The number of nitrogens with zero attached hydrogens (tertiary/aromatic N) is 8. The molecule has 7 aromatic carbocycles. The van der Waals surface area contributed by atoms with Crippen molar-refractivity contribution < 1.29 is 20.6 Å². The van der Waals surface area contributed by atoms with Gasteiger partial charge < -0.3 is 0 Å². The predicted molar refractivity (Wildman–Crippen MR) is 485 cm³/mol. The molecule has 0 atom stereocenters. The SMILES string of the molecule is CC(C)(C)c1nc(-n2c3ccccc3c3ccccc32)ccc1-c1ccccc1.[2H]C([2H])(C)c1nc(-c2ccccc2)ccc1C(C)(C)C.[2H]C([2H])(C)c1ncccc1C(C)(C)C.[2H]C([2H])([2H])c1ccc(-c2ccccc2)nc1C(C)(C)C.[2H]C([2H])([2H])c1ccc(-n2c3ccccc3c3ccccc32)nc1C(C)(C)C.[2H]C([2H])([2H])c1ccc(C(C)(C)C)c(C([2H])([2H])C)n1. The molecule has 0 spiro atoms. The number of aromatic nitrogens is 8. The zero-order chi connectivity index (χ0) is 94.7. The summed E-state index contributed by atoms with van der Waals surface area (Å²) < 4.78 is 120. The zero-order valence-corrected chi connectivity index (χ0v) is 70.0. The van der Waals surface area contributed by atoms with Crippen LogP contribution in [0.2, 0.25) is 0 Å². The van der Waals surface area contributed by atoms with E-state index in [4.69, 9.17) is 30.5 Å². The summed E-state index contributed by atoms with van der Waals surface area (Å²) in [6.45, 7) is 34.9. The molecule has 0 N–H and O–H groups in total. The number of para-hydroxylation sites is 4. The van der Waals surface area contributed by atoms with Gasteiger partial charge >= 0.3 is 0 Å². The maximum atomic E-state index is 8.06. The van der Waals surface area contributed by atoms with Crippen molar-refractivity contribution in [3.05, 3.63) is 335 Å². The third kappa shape index (κ3) is 20.7. The lowest BCUT2D eigenvalue weighted by Crippen LogP contribution is -2.16. The topological polar surface area (TPSA) is 87.2 Å². The summed E-state index contributed by atoms with van der Waals surface area (Å²) >= 11 is 0. The molecule has 582 valence electrons. The Balaban J connectivity index is 0.000000163.